The molecule has 15 heavy (non-hydrogen) atoms. The van der Waals surface area contributed by atoms with E-state index in [1.165, 1.54) is 58.4 Å². The lowest BCUT2D eigenvalue weighted by molar-refractivity contribution is 0.119. The largest absolute Gasteiger partial charge is 0.316 e. The minimum Gasteiger partial charge on any atom is -0.316 e. The smallest absolute Gasteiger partial charge is 0.000924 e. The maximum atomic E-state index is 3.51. The first-order valence-corrected chi connectivity index (χ1v) is 6.78. The van der Waals surface area contributed by atoms with E-state index in [-0.39, 0.29) is 0 Å². The first-order chi connectivity index (χ1) is 7.35. The van der Waals surface area contributed by atoms with Crippen LogP contribution in [0, 0.1) is 5.41 Å². The van der Waals surface area contributed by atoms with Crippen LogP contribution in [0.4, 0.5) is 0 Å². The molecule has 0 amide bonds. The number of likely N-dealkylation sites (tertiary alicyclic amines) is 1. The summed E-state index contributed by atoms with van der Waals surface area (Å²) in [6, 6.07) is 0. The molecule has 1 N–H and O–H groups in total. The Morgan fingerprint density at radius 1 is 1.13 bits per heavy atom. The van der Waals surface area contributed by atoms with Gasteiger partial charge in [0.1, 0.15) is 0 Å². The molecule has 0 atom stereocenters. The van der Waals surface area contributed by atoms with Gasteiger partial charge in [-0.15, -0.1) is 0 Å². The monoisotopic (exact) mass is 212 g/mol. The van der Waals surface area contributed by atoms with E-state index < -0.39 is 0 Å². The van der Waals surface area contributed by atoms with Crippen LogP contribution < -0.4 is 5.32 Å². The fourth-order valence-corrected chi connectivity index (χ4v) is 2.79. The van der Waals surface area contributed by atoms with Gasteiger partial charge in [-0.1, -0.05) is 20.8 Å². The van der Waals surface area contributed by atoms with Crippen molar-refractivity contribution < 1.29 is 0 Å². The number of hydrogen-bond acceptors (Lipinski definition) is 2. The molecule has 0 aliphatic carbocycles. The van der Waals surface area contributed by atoms with Gasteiger partial charge in [-0.05, 0) is 57.3 Å². The van der Waals surface area contributed by atoms with Crippen LogP contribution in [-0.2, 0) is 0 Å². The Kier molecular flexibility index (Phi) is 5.62. The predicted molar refractivity (Wildman–Crippen MR) is 67.2 cm³/mol. The highest BCUT2D eigenvalue weighted by Gasteiger charge is 2.36. The Morgan fingerprint density at radius 3 is 2.27 bits per heavy atom. The van der Waals surface area contributed by atoms with E-state index in [4.69, 9.17) is 0 Å². The van der Waals surface area contributed by atoms with Crippen molar-refractivity contribution in [2.45, 2.75) is 46.5 Å². The SMILES string of the molecule is CC.CCCN1CCC2(CCNC2)CC1. The maximum Gasteiger partial charge on any atom is 0.000924 e. The van der Waals surface area contributed by atoms with Crippen molar-refractivity contribution in [2.24, 2.45) is 5.41 Å². The van der Waals surface area contributed by atoms with Gasteiger partial charge in [0, 0.05) is 6.54 Å². The molecule has 2 heteroatoms. The lowest BCUT2D eigenvalue weighted by Gasteiger charge is -2.38. The average molecular weight is 212 g/mol. The average Bonchev–Trinajstić information content (AvgIpc) is 2.74. The summed E-state index contributed by atoms with van der Waals surface area (Å²) in [6.45, 7) is 12.8. The Bertz CT molecular complexity index is 152. The third-order valence-corrected chi connectivity index (χ3v) is 3.79. The standard InChI is InChI=1S/C11H22N2.C2H6/c1-2-7-13-8-4-11(5-9-13)3-6-12-10-11;1-2/h12H,2-10H2,1H3;1-2H3. The molecule has 0 aromatic heterocycles. The molecular weight excluding hydrogens is 184 g/mol. The molecule has 90 valence electrons. The van der Waals surface area contributed by atoms with Crippen molar-refractivity contribution in [1.82, 2.24) is 10.2 Å². The van der Waals surface area contributed by atoms with Crippen molar-refractivity contribution in [3.05, 3.63) is 0 Å². The molecule has 1 spiro atoms. The first kappa shape index (κ1) is 13.0. The first-order valence-electron chi connectivity index (χ1n) is 6.78. The van der Waals surface area contributed by atoms with Crippen molar-refractivity contribution in [3.63, 3.8) is 0 Å². The van der Waals surface area contributed by atoms with Crippen LogP contribution in [0.5, 0.6) is 0 Å². The van der Waals surface area contributed by atoms with E-state index in [1.807, 2.05) is 13.8 Å². The zero-order valence-electron chi connectivity index (χ0n) is 10.8. The van der Waals surface area contributed by atoms with Crippen LogP contribution in [-0.4, -0.2) is 37.6 Å². The molecule has 2 aliphatic rings. The molecule has 2 rings (SSSR count). The molecule has 2 fully saturated rings. The Balaban J connectivity index is 0.000000531. The highest BCUT2D eigenvalue weighted by atomic mass is 15.1. The third kappa shape index (κ3) is 3.46. The lowest BCUT2D eigenvalue weighted by Crippen LogP contribution is -2.41. The number of nitrogens with one attached hydrogen (secondary N) is 1. The van der Waals surface area contributed by atoms with Gasteiger partial charge >= 0.3 is 0 Å². The van der Waals surface area contributed by atoms with Crippen molar-refractivity contribution in [1.29, 1.82) is 0 Å². The second-order valence-corrected chi connectivity index (χ2v) is 4.77. The molecule has 2 heterocycles. The van der Waals surface area contributed by atoms with E-state index in [2.05, 4.69) is 17.1 Å². The summed E-state index contributed by atoms with van der Waals surface area (Å²) in [6.07, 6.45) is 5.60. The topological polar surface area (TPSA) is 15.3 Å². The molecule has 2 saturated heterocycles. The molecule has 0 saturated carbocycles. The minimum atomic E-state index is 0.699. The summed E-state index contributed by atoms with van der Waals surface area (Å²) >= 11 is 0. The summed E-state index contributed by atoms with van der Waals surface area (Å²) < 4.78 is 0. The minimum absolute atomic E-state index is 0.699. The highest BCUT2D eigenvalue weighted by Crippen LogP contribution is 2.36. The van der Waals surface area contributed by atoms with Gasteiger partial charge in [-0.2, -0.15) is 0 Å². The maximum absolute atomic E-state index is 3.51. The Hall–Kier alpha value is -0.0800. The summed E-state index contributed by atoms with van der Waals surface area (Å²) in [7, 11) is 0. The second-order valence-electron chi connectivity index (χ2n) is 4.77. The van der Waals surface area contributed by atoms with Gasteiger partial charge in [0.05, 0.1) is 0 Å². The lowest BCUT2D eigenvalue weighted by atomic mass is 9.78. The fourth-order valence-electron chi connectivity index (χ4n) is 2.79. The van der Waals surface area contributed by atoms with E-state index in [0.717, 1.165) is 0 Å². The third-order valence-electron chi connectivity index (χ3n) is 3.79. The second kappa shape index (κ2) is 6.49. The Morgan fingerprint density at radius 2 is 1.80 bits per heavy atom. The van der Waals surface area contributed by atoms with Gasteiger partial charge in [-0.3, -0.25) is 0 Å². The van der Waals surface area contributed by atoms with Crippen LogP contribution in [0.2, 0.25) is 0 Å². The quantitative estimate of drug-likeness (QED) is 0.756. The fraction of sp³-hybridized carbons (Fsp3) is 1.00. The van der Waals surface area contributed by atoms with Gasteiger partial charge in [-0.25, -0.2) is 0 Å². The molecule has 0 radical (unpaired) electrons. The van der Waals surface area contributed by atoms with Crippen LogP contribution in [0.3, 0.4) is 0 Å². The highest BCUT2D eigenvalue weighted by molar-refractivity contribution is 4.91. The normalized spacial score (nSPS) is 25.0. The van der Waals surface area contributed by atoms with Crippen LogP contribution >= 0.6 is 0 Å². The molecule has 0 aromatic rings. The number of piperidine rings is 1. The zero-order chi connectivity index (χ0) is 11.1. The zero-order valence-corrected chi connectivity index (χ0v) is 10.8. The van der Waals surface area contributed by atoms with Gasteiger partial charge in [0.25, 0.3) is 0 Å². The van der Waals surface area contributed by atoms with E-state index in [9.17, 15) is 0 Å². The van der Waals surface area contributed by atoms with Crippen LogP contribution in [0.1, 0.15) is 46.5 Å². The molecule has 2 nitrogen and oxygen atoms in total. The van der Waals surface area contributed by atoms with E-state index in [1.54, 1.807) is 0 Å². The summed E-state index contributed by atoms with van der Waals surface area (Å²) in [4.78, 5) is 2.63. The van der Waals surface area contributed by atoms with E-state index in [0.29, 0.717) is 5.41 Å². The van der Waals surface area contributed by atoms with Crippen LogP contribution in [0.15, 0.2) is 0 Å². The summed E-state index contributed by atoms with van der Waals surface area (Å²) in [5.41, 5.74) is 0.699. The molecular formula is C13H28N2. The summed E-state index contributed by atoms with van der Waals surface area (Å²) in [5, 5.41) is 3.51. The van der Waals surface area contributed by atoms with Crippen molar-refractivity contribution in [2.75, 3.05) is 32.7 Å². The predicted octanol–water partition coefficient (Wildman–Crippen LogP) is 2.50. The van der Waals surface area contributed by atoms with Gasteiger partial charge in [0.2, 0.25) is 0 Å². The van der Waals surface area contributed by atoms with Gasteiger partial charge in [0.15, 0.2) is 0 Å². The van der Waals surface area contributed by atoms with Gasteiger partial charge < -0.3 is 10.2 Å². The molecule has 0 unspecified atom stereocenters. The number of rotatable bonds is 2. The molecule has 2 aliphatic heterocycles. The van der Waals surface area contributed by atoms with Crippen LogP contribution in [0.25, 0.3) is 0 Å². The summed E-state index contributed by atoms with van der Waals surface area (Å²) in [5.74, 6) is 0. The van der Waals surface area contributed by atoms with E-state index >= 15 is 0 Å². The number of hydrogen-bond donors (Lipinski definition) is 1. The molecule has 0 bridgehead atoms. The number of nitrogens with zero attached hydrogens (tertiary/aromatic N) is 1. The molecule has 0 aromatic carbocycles. The van der Waals surface area contributed by atoms with Crippen molar-refractivity contribution in [3.8, 4) is 0 Å². The van der Waals surface area contributed by atoms with Crippen molar-refractivity contribution >= 4 is 0 Å². The Labute approximate surface area is 95.4 Å².